The zero-order valence-electron chi connectivity index (χ0n) is 9.66. The topological polar surface area (TPSA) is 53.5 Å². The Morgan fingerprint density at radius 2 is 1.94 bits per heavy atom. The van der Waals surface area contributed by atoms with Crippen molar-refractivity contribution in [3.8, 4) is 0 Å². The van der Waals surface area contributed by atoms with Crippen molar-refractivity contribution in [1.29, 1.82) is 0 Å². The van der Waals surface area contributed by atoms with Crippen LogP contribution in [-0.2, 0) is 4.74 Å². The molecule has 0 aromatic carbocycles. The number of hydrogen-bond donors (Lipinski definition) is 3. The van der Waals surface area contributed by atoms with Gasteiger partial charge in [0.25, 0.3) is 0 Å². The van der Waals surface area contributed by atoms with Crippen molar-refractivity contribution in [2.75, 3.05) is 7.11 Å². The number of ether oxygens (including phenoxy) is 1. The van der Waals surface area contributed by atoms with Crippen LogP contribution in [0.3, 0.4) is 0 Å². The van der Waals surface area contributed by atoms with Crippen molar-refractivity contribution in [3.05, 3.63) is 0 Å². The molecule has 3 atom stereocenters. The predicted octanol–water partition coefficient (Wildman–Crippen LogP) is 1.14. The van der Waals surface area contributed by atoms with E-state index in [9.17, 15) is 5.11 Å². The molecule has 4 nitrogen and oxygen atoms in total. The molecular formula is C11H21BrN2O2. The fraction of sp³-hybridized carbons (Fsp3) is 1.00. The lowest BCUT2D eigenvalue weighted by Gasteiger charge is -2.29. The first-order chi connectivity index (χ1) is 7.70. The lowest BCUT2D eigenvalue weighted by molar-refractivity contribution is -0.0944. The van der Waals surface area contributed by atoms with Crippen LogP contribution in [-0.4, -0.2) is 35.4 Å². The summed E-state index contributed by atoms with van der Waals surface area (Å²) in [6, 6.07) is 0.506. The molecule has 94 valence electrons. The molecule has 0 spiro atoms. The molecule has 1 aliphatic carbocycles. The molecule has 2 rings (SSSR count). The van der Waals surface area contributed by atoms with Crippen LogP contribution in [0, 0.1) is 5.92 Å². The minimum Gasteiger partial charge on any atom is -0.367 e. The maximum absolute atomic E-state index is 9.58. The molecule has 2 fully saturated rings. The average Bonchev–Trinajstić information content (AvgIpc) is 2.78. The largest absolute Gasteiger partial charge is 0.367 e. The molecule has 0 aromatic rings. The van der Waals surface area contributed by atoms with E-state index in [0.717, 1.165) is 12.3 Å². The minimum atomic E-state index is -0.704. The van der Waals surface area contributed by atoms with Crippen molar-refractivity contribution in [1.82, 2.24) is 10.9 Å². The van der Waals surface area contributed by atoms with Crippen LogP contribution >= 0.6 is 15.9 Å². The van der Waals surface area contributed by atoms with Crippen molar-refractivity contribution < 1.29 is 9.84 Å². The fourth-order valence-electron chi connectivity index (χ4n) is 2.75. The Kier molecular flexibility index (Phi) is 4.61. The summed E-state index contributed by atoms with van der Waals surface area (Å²) in [5, 5.41) is 9.58. The summed E-state index contributed by atoms with van der Waals surface area (Å²) < 4.78 is 4.93. The van der Waals surface area contributed by atoms with Crippen LogP contribution in [0.4, 0.5) is 0 Å². The summed E-state index contributed by atoms with van der Waals surface area (Å²) in [5.41, 5.74) is 6.43. The number of hydrogen-bond acceptors (Lipinski definition) is 4. The number of hydrazine groups is 1. The highest BCUT2D eigenvalue weighted by Crippen LogP contribution is 2.33. The number of halogens is 1. The monoisotopic (exact) mass is 292 g/mol. The van der Waals surface area contributed by atoms with E-state index >= 15 is 0 Å². The molecule has 2 aliphatic rings. The third kappa shape index (κ3) is 2.96. The van der Waals surface area contributed by atoms with Gasteiger partial charge in [0, 0.05) is 18.0 Å². The summed E-state index contributed by atoms with van der Waals surface area (Å²) in [6.07, 6.45) is 5.31. The van der Waals surface area contributed by atoms with Crippen LogP contribution in [0.2, 0.25) is 0 Å². The van der Waals surface area contributed by atoms with E-state index in [1.165, 1.54) is 32.8 Å². The van der Waals surface area contributed by atoms with Gasteiger partial charge in [-0.25, -0.2) is 5.43 Å². The number of aliphatic hydroxyl groups is 1. The van der Waals surface area contributed by atoms with Gasteiger partial charge in [0.15, 0.2) is 6.29 Å². The van der Waals surface area contributed by atoms with E-state index in [-0.39, 0.29) is 6.04 Å². The maximum Gasteiger partial charge on any atom is 0.170 e. The van der Waals surface area contributed by atoms with Crippen LogP contribution in [0.1, 0.15) is 32.1 Å². The fourth-order valence-corrected chi connectivity index (χ4v) is 3.28. The van der Waals surface area contributed by atoms with E-state index in [1.54, 1.807) is 0 Å². The van der Waals surface area contributed by atoms with Crippen molar-refractivity contribution in [2.45, 2.75) is 55.3 Å². The molecule has 3 unspecified atom stereocenters. The molecule has 0 radical (unpaired) electrons. The average molecular weight is 293 g/mol. The first-order valence-electron chi connectivity index (χ1n) is 6.06. The third-order valence-electron chi connectivity index (χ3n) is 3.82. The highest BCUT2D eigenvalue weighted by Gasteiger charge is 2.35. The Morgan fingerprint density at radius 3 is 2.56 bits per heavy atom. The summed E-state index contributed by atoms with van der Waals surface area (Å²) in [5.74, 6) is 0.732. The second-order valence-electron chi connectivity index (χ2n) is 4.88. The van der Waals surface area contributed by atoms with Gasteiger partial charge in [-0.2, -0.15) is 0 Å². The molecule has 0 amide bonds. The van der Waals surface area contributed by atoms with E-state index in [2.05, 4.69) is 26.8 Å². The SMILES string of the molecule is COC(O)C1CC(C2CCC(Br)CC2)NN1. The minimum absolute atomic E-state index is 0.0247. The van der Waals surface area contributed by atoms with Crippen LogP contribution in [0.25, 0.3) is 0 Å². The summed E-state index contributed by atoms with van der Waals surface area (Å²) >= 11 is 3.67. The highest BCUT2D eigenvalue weighted by atomic mass is 79.9. The number of nitrogens with one attached hydrogen (secondary N) is 2. The normalized spacial score (nSPS) is 42.2. The van der Waals surface area contributed by atoms with Gasteiger partial charge in [0.1, 0.15) is 0 Å². The number of aliphatic hydroxyl groups excluding tert-OH is 1. The van der Waals surface area contributed by atoms with E-state index < -0.39 is 6.29 Å². The van der Waals surface area contributed by atoms with E-state index in [0.29, 0.717) is 10.9 Å². The Bertz CT molecular complexity index is 222. The van der Waals surface area contributed by atoms with Crippen molar-refractivity contribution >= 4 is 15.9 Å². The lowest BCUT2D eigenvalue weighted by Crippen LogP contribution is -2.41. The van der Waals surface area contributed by atoms with Gasteiger partial charge in [0.05, 0.1) is 6.04 Å². The number of rotatable bonds is 3. The molecule has 1 aliphatic heterocycles. The summed E-state index contributed by atoms with van der Waals surface area (Å²) in [4.78, 5) is 0.707. The zero-order chi connectivity index (χ0) is 11.5. The van der Waals surface area contributed by atoms with E-state index in [4.69, 9.17) is 4.74 Å². The number of methoxy groups -OCH3 is 1. The van der Waals surface area contributed by atoms with Gasteiger partial charge in [-0.05, 0) is 38.0 Å². The molecular weight excluding hydrogens is 272 g/mol. The Labute approximate surface area is 105 Å². The second-order valence-corrected chi connectivity index (χ2v) is 6.17. The van der Waals surface area contributed by atoms with Crippen LogP contribution in [0.15, 0.2) is 0 Å². The molecule has 5 heteroatoms. The van der Waals surface area contributed by atoms with Gasteiger partial charge in [-0.1, -0.05) is 15.9 Å². The lowest BCUT2D eigenvalue weighted by atomic mass is 9.82. The maximum atomic E-state index is 9.58. The van der Waals surface area contributed by atoms with Gasteiger partial charge < -0.3 is 9.84 Å². The molecule has 0 aromatic heterocycles. The van der Waals surface area contributed by atoms with Crippen molar-refractivity contribution in [3.63, 3.8) is 0 Å². The predicted molar refractivity (Wildman–Crippen MR) is 66.2 cm³/mol. The second kappa shape index (κ2) is 5.78. The van der Waals surface area contributed by atoms with Crippen LogP contribution < -0.4 is 10.9 Å². The Hall–Kier alpha value is 0.320. The molecule has 1 saturated carbocycles. The third-order valence-corrected chi connectivity index (χ3v) is 4.73. The number of alkyl halides is 1. The Balaban J connectivity index is 1.80. The first-order valence-corrected chi connectivity index (χ1v) is 6.98. The summed E-state index contributed by atoms with van der Waals surface area (Å²) in [6.45, 7) is 0. The smallest absolute Gasteiger partial charge is 0.170 e. The van der Waals surface area contributed by atoms with Crippen LogP contribution in [0.5, 0.6) is 0 Å². The van der Waals surface area contributed by atoms with Gasteiger partial charge in [0.2, 0.25) is 0 Å². The van der Waals surface area contributed by atoms with Gasteiger partial charge >= 0.3 is 0 Å². The quantitative estimate of drug-likeness (QED) is 0.539. The summed E-state index contributed by atoms with van der Waals surface area (Å²) in [7, 11) is 1.54. The molecule has 0 bridgehead atoms. The molecule has 1 heterocycles. The first kappa shape index (κ1) is 12.8. The molecule has 3 N–H and O–H groups in total. The van der Waals surface area contributed by atoms with Gasteiger partial charge in [-0.15, -0.1) is 0 Å². The molecule has 1 saturated heterocycles. The van der Waals surface area contributed by atoms with E-state index in [1.807, 2.05) is 0 Å². The van der Waals surface area contributed by atoms with Gasteiger partial charge in [-0.3, -0.25) is 5.43 Å². The van der Waals surface area contributed by atoms with Crippen molar-refractivity contribution in [2.24, 2.45) is 5.92 Å². The molecule has 16 heavy (non-hydrogen) atoms. The standard InChI is InChI=1S/C11H21BrN2O2/c1-16-11(15)10-6-9(13-14-10)7-2-4-8(12)5-3-7/h7-11,13-15H,2-6H2,1H3. The Morgan fingerprint density at radius 1 is 1.25 bits per heavy atom. The highest BCUT2D eigenvalue weighted by molar-refractivity contribution is 9.09. The zero-order valence-corrected chi connectivity index (χ0v) is 11.2.